The molecule has 9 aromatic rings. The standard InChI is InChI=1S/C44H32N2/c1-29-19-23-42-38(25-29)39-26-30(2)20-24-43(39)46(42)40-17-8-6-15-35(40)33-12-10-11-31(27-33)32-21-22-37-36-16-7-9-18-41(36)45(44(37)28-32)34-13-4-3-5-14-34/h3-28H,1-2H3. The Morgan fingerprint density at radius 1 is 0.348 bits per heavy atom. The minimum absolute atomic E-state index is 1.17. The minimum Gasteiger partial charge on any atom is -0.309 e. The largest absolute Gasteiger partial charge is 0.309 e. The van der Waals surface area contributed by atoms with Crippen molar-refractivity contribution < 1.29 is 0 Å². The normalized spacial score (nSPS) is 11.7. The number of aromatic nitrogens is 2. The van der Waals surface area contributed by atoms with Gasteiger partial charge in [-0.05, 0) is 91.2 Å². The fraction of sp³-hybridized carbons (Fsp3) is 0.0455. The Hall–Kier alpha value is -5.86. The van der Waals surface area contributed by atoms with Gasteiger partial charge in [0.2, 0.25) is 0 Å². The molecule has 0 aliphatic rings. The molecule has 0 aliphatic carbocycles. The van der Waals surface area contributed by atoms with E-state index in [1.165, 1.54) is 88.4 Å². The quantitative estimate of drug-likeness (QED) is 0.194. The maximum atomic E-state index is 2.44. The zero-order valence-corrected chi connectivity index (χ0v) is 25.9. The smallest absolute Gasteiger partial charge is 0.0547 e. The number of rotatable bonds is 4. The first-order chi connectivity index (χ1) is 22.6. The first-order valence-corrected chi connectivity index (χ1v) is 15.9. The molecule has 0 atom stereocenters. The highest BCUT2D eigenvalue weighted by Gasteiger charge is 2.17. The molecule has 2 heteroatoms. The van der Waals surface area contributed by atoms with Gasteiger partial charge < -0.3 is 9.13 Å². The lowest BCUT2D eigenvalue weighted by molar-refractivity contribution is 1.18. The van der Waals surface area contributed by atoms with Gasteiger partial charge in [0, 0.05) is 32.8 Å². The second kappa shape index (κ2) is 10.4. The highest BCUT2D eigenvalue weighted by Crippen LogP contribution is 2.39. The molecule has 0 saturated heterocycles. The number of hydrogen-bond donors (Lipinski definition) is 0. The monoisotopic (exact) mass is 588 g/mol. The maximum absolute atomic E-state index is 2.44. The molecular formula is C44H32N2. The molecule has 0 amide bonds. The van der Waals surface area contributed by atoms with Gasteiger partial charge in [-0.25, -0.2) is 0 Å². The van der Waals surface area contributed by atoms with Crippen molar-refractivity contribution in [2.24, 2.45) is 0 Å². The van der Waals surface area contributed by atoms with Gasteiger partial charge in [-0.3, -0.25) is 0 Å². The number of benzene rings is 7. The lowest BCUT2D eigenvalue weighted by atomic mass is 9.97. The third-order valence-electron chi connectivity index (χ3n) is 9.42. The second-order valence-corrected chi connectivity index (χ2v) is 12.4. The van der Waals surface area contributed by atoms with Crippen LogP contribution in [-0.4, -0.2) is 9.13 Å². The summed E-state index contributed by atoms with van der Waals surface area (Å²) in [5, 5.41) is 5.13. The summed E-state index contributed by atoms with van der Waals surface area (Å²) >= 11 is 0. The Balaban J connectivity index is 1.23. The van der Waals surface area contributed by atoms with E-state index in [9.17, 15) is 0 Å². The molecule has 2 heterocycles. The number of hydrogen-bond acceptors (Lipinski definition) is 0. The van der Waals surface area contributed by atoms with Gasteiger partial charge in [0.25, 0.3) is 0 Å². The first kappa shape index (κ1) is 26.5. The zero-order valence-electron chi connectivity index (χ0n) is 25.9. The molecule has 46 heavy (non-hydrogen) atoms. The molecule has 0 unspecified atom stereocenters. The Bertz CT molecular complexity index is 2540. The van der Waals surface area contributed by atoms with E-state index >= 15 is 0 Å². The van der Waals surface area contributed by atoms with E-state index in [0.717, 1.165) is 0 Å². The van der Waals surface area contributed by atoms with Gasteiger partial charge in [0.15, 0.2) is 0 Å². The molecule has 0 N–H and O–H groups in total. The van der Waals surface area contributed by atoms with Crippen LogP contribution in [0, 0.1) is 13.8 Å². The van der Waals surface area contributed by atoms with E-state index in [1.54, 1.807) is 0 Å². The summed E-state index contributed by atoms with van der Waals surface area (Å²) in [5.74, 6) is 0. The van der Waals surface area contributed by atoms with Gasteiger partial charge in [0.1, 0.15) is 0 Å². The van der Waals surface area contributed by atoms with Crippen LogP contribution in [0.3, 0.4) is 0 Å². The van der Waals surface area contributed by atoms with Gasteiger partial charge in [-0.1, -0.05) is 108 Å². The molecule has 0 spiro atoms. The van der Waals surface area contributed by atoms with Crippen LogP contribution in [0.5, 0.6) is 0 Å². The number of nitrogens with zero attached hydrogens (tertiary/aromatic N) is 2. The zero-order chi connectivity index (χ0) is 30.8. The SMILES string of the molecule is Cc1ccc2c(c1)c1cc(C)ccc1n2-c1ccccc1-c1cccc(-c2ccc3c4ccccc4n(-c4ccccc4)c3c2)c1. The summed E-state index contributed by atoms with van der Waals surface area (Å²) in [6, 6.07) is 57.7. The van der Waals surface area contributed by atoms with E-state index < -0.39 is 0 Å². The predicted molar refractivity (Wildman–Crippen MR) is 195 cm³/mol. The third kappa shape index (κ3) is 4.11. The molecule has 0 aliphatic heterocycles. The van der Waals surface area contributed by atoms with Crippen LogP contribution in [0.2, 0.25) is 0 Å². The van der Waals surface area contributed by atoms with Crippen molar-refractivity contribution in [3.05, 3.63) is 169 Å². The van der Waals surface area contributed by atoms with Gasteiger partial charge in [-0.2, -0.15) is 0 Å². The van der Waals surface area contributed by atoms with Gasteiger partial charge in [-0.15, -0.1) is 0 Å². The van der Waals surface area contributed by atoms with Crippen molar-refractivity contribution in [2.45, 2.75) is 13.8 Å². The molecule has 0 fully saturated rings. The van der Waals surface area contributed by atoms with Crippen LogP contribution in [0.25, 0.3) is 77.2 Å². The molecule has 2 aromatic heterocycles. The second-order valence-electron chi connectivity index (χ2n) is 12.4. The number of para-hydroxylation sites is 3. The minimum atomic E-state index is 1.17. The molecule has 9 rings (SSSR count). The highest BCUT2D eigenvalue weighted by molar-refractivity contribution is 6.11. The fourth-order valence-electron chi connectivity index (χ4n) is 7.29. The van der Waals surface area contributed by atoms with Crippen molar-refractivity contribution in [2.75, 3.05) is 0 Å². The summed E-state index contributed by atoms with van der Waals surface area (Å²) < 4.78 is 4.83. The Kier molecular flexibility index (Phi) is 5.97. The first-order valence-electron chi connectivity index (χ1n) is 15.9. The van der Waals surface area contributed by atoms with Gasteiger partial charge >= 0.3 is 0 Å². The lowest BCUT2D eigenvalue weighted by Gasteiger charge is -2.15. The molecule has 218 valence electrons. The molecule has 0 bridgehead atoms. The van der Waals surface area contributed by atoms with Crippen LogP contribution in [0.1, 0.15) is 11.1 Å². The van der Waals surface area contributed by atoms with Crippen LogP contribution >= 0.6 is 0 Å². The highest BCUT2D eigenvalue weighted by atomic mass is 15.0. The average Bonchev–Trinajstić information content (AvgIpc) is 3.60. The Labute approximate surface area is 268 Å². The van der Waals surface area contributed by atoms with E-state index in [1.807, 2.05) is 0 Å². The summed E-state index contributed by atoms with van der Waals surface area (Å²) in [6.07, 6.45) is 0. The summed E-state index contributed by atoms with van der Waals surface area (Å²) in [7, 11) is 0. The van der Waals surface area contributed by atoms with E-state index in [4.69, 9.17) is 0 Å². The van der Waals surface area contributed by atoms with Crippen LogP contribution < -0.4 is 0 Å². The summed E-state index contributed by atoms with van der Waals surface area (Å²) in [5.41, 5.74) is 14.6. The lowest BCUT2D eigenvalue weighted by Crippen LogP contribution is -1.97. The fourth-order valence-corrected chi connectivity index (χ4v) is 7.29. The predicted octanol–water partition coefficient (Wildman–Crippen LogP) is 11.8. The van der Waals surface area contributed by atoms with Crippen molar-refractivity contribution in [1.82, 2.24) is 9.13 Å². The van der Waals surface area contributed by atoms with Crippen molar-refractivity contribution in [3.63, 3.8) is 0 Å². The summed E-state index contributed by atoms with van der Waals surface area (Å²) in [4.78, 5) is 0. The van der Waals surface area contributed by atoms with E-state index in [-0.39, 0.29) is 0 Å². The topological polar surface area (TPSA) is 9.86 Å². The summed E-state index contributed by atoms with van der Waals surface area (Å²) in [6.45, 7) is 4.35. The average molecular weight is 589 g/mol. The Morgan fingerprint density at radius 3 is 1.74 bits per heavy atom. The molecular weight excluding hydrogens is 556 g/mol. The maximum Gasteiger partial charge on any atom is 0.0547 e. The van der Waals surface area contributed by atoms with Crippen LogP contribution in [-0.2, 0) is 0 Å². The van der Waals surface area contributed by atoms with Crippen molar-refractivity contribution in [1.29, 1.82) is 0 Å². The van der Waals surface area contributed by atoms with Crippen molar-refractivity contribution in [3.8, 4) is 33.6 Å². The van der Waals surface area contributed by atoms with E-state index in [0.29, 0.717) is 0 Å². The molecule has 7 aromatic carbocycles. The third-order valence-corrected chi connectivity index (χ3v) is 9.42. The molecule has 0 radical (unpaired) electrons. The van der Waals surface area contributed by atoms with Crippen LogP contribution in [0.15, 0.2) is 158 Å². The van der Waals surface area contributed by atoms with Crippen LogP contribution in [0.4, 0.5) is 0 Å². The number of aryl methyl sites for hydroxylation is 2. The number of fused-ring (bicyclic) bond motifs is 6. The molecule has 0 saturated carbocycles. The Morgan fingerprint density at radius 2 is 0.957 bits per heavy atom. The van der Waals surface area contributed by atoms with Crippen molar-refractivity contribution >= 4 is 43.6 Å². The van der Waals surface area contributed by atoms with Gasteiger partial charge in [0.05, 0.1) is 27.8 Å². The van der Waals surface area contributed by atoms with E-state index in [2.05, 4.69) is 181 Å². The molecule has 2 nitrogen and oxygen atoms in total.